The average Bonchev–Trinajstić information content (AvgIpc) is 2.98. The summed E-state index contributed by atoms with van der Waals surface area (Å²) in [5.41, 5.74) is 0. The molecule has 0 aromatic rings. The second kappa shape index (κ2) is 14.6. The number of rotatable bonds is 17. The Morgan fingerprint density at radius 1 is 1.00 bits per heavy atom. The Labute approximate surface area is 167 Å². The van der Waals surface area contributed by atoms with E-state index in [0.717, 1.165) is 12.8 Å². The molecule has 0 radical (unpaired) electrons. The molecule has 0 fully saturated rings. The van der Waals surface area contributed by atoms with Gasteiger partial charge in [-0.25, -0.2) is 4.79 Å². The smallest absolute Gasteiger partial charge is 0.378 e. The molecule has 1 aliphatic rings. The zero-order valence-corrected chi connectivity index (χ0v) is 16.8. The van der Waals surface area contributed by atoms with Gasteiger partial charge in [0.2, 0.25) is 5.76 Å². The Hall–Kier alpha value is -1.35. The normalized spacial score (nSPS) is 19.0. The number of carbonyl (C=O) groups is 1. The van der Waals surface area contributed by atoms with Crippen LogP contribution >= 0.6 is 0 Å². The fourth-order valence-electron chi connectivity index (χ4n) is 2.93. The van der Waals surface area contributed by atoms with E-state index in [1.165, 1.54) is 44.9 Å². The van der Waals surface area contributed by atoms with Crippen molar-refractivity contribution in [2.75, 3.05) is 26.4 Å². The number of cyclic esters (lactones) is 1. The van der Waals surface area contributed by atoms with Gasteiger partial charge in [-0.2, -0.15) is 0 Å². The van der Waals surface area contributed by atoms with Crippen molar-refractivity contribution >= 4 is 5.97 Å². The zero-order valence-electron chi connectivity index (χ0n) is 16.8. The number of esters is 1. The lowest BCUT2D eigenvalue weighted by atomic mass is 10.1. The summed E-state index contributed by atoms with van der Waals surface area (Å²) in [5.74, 6) is -2.09. The van der Waals surface area contributed by atoms with Crippen LogP contribution in [0.15, 0.2) is 11.5 Å². The van der Waals surface area contributed by atoms with Gasteiger partial charge in [0, 0.05) is 6.61 Å². The third-order valence-corrected chi connectivity index (χ3v) is 4.59. The SMILES string of the molecule is CCCCCCCCCCCOCC(O)COC1=C(O)C(=O)O[C@@H]1[C@@H](O)CO. The summed E-state index contributed by atoms with van der Waals surface area (Å²) >= 11 is 0. The van der Waals surface area contributed by atoms with Gasteiger partial charge in [-0.05, 0) is 6.42 Å². The molecule has 28 heavy (non-hydrogen) atoms. The molecule has 0 amide bonds. The molecule has 0 bridgehead atoms. The lowest BCUT2D eigenvalue weighted by Gasteiger charge is -2.19. The number of hydrogen-bond acceptors (Lipinski definition) is 8. The van der Waals surface area contributed by atoms with Gasteiger partial charge in [0.25, 0.3) is 0 Å². The van der Waals surface area contributed by atoms with E-state index < -0.39 is 36.6 Å². The van der Waals surface area contributed by atoms with Crippen molar-refractivity contribution in [3.05, 3.63) is 11.5 Å². The van der Waals surface area contributed by atoms with E-state index in [1.54, 1.807) is 0 Å². The van der Waals surface area contributed by atoms with Crippen LogP contribution in [0.4, 0.5) is 0 Å². The number of ether oxygens (including phenoxy) is 3. The van der Waals surface area contributed by atoms with E-state index >= 15 is 0 Å². The van der Waals surface area contributed by atoms with Gasteiger partial charge in [0.15, 0.2) is 11.9 Å². The highest BCUT2D eigenvalue weighted by molar-refractivity contribution is 5.89. The van der Waals surface area contributed by atoms with E-state index in [4.69, 9.17) is 19.3 Å². The minimum Gasteiger partial charge on any atom is -0.499 e. The van der Waals surface area contributed by atoms with Crippen molar-refractivity contribution in [3.8, 4) is 0 Å². The maximum atomic E-state index is 11.4. The molecule has 0 aliphatic carbocycles. The van der Waals surface area contributed by atoms with Gasteiger partial charge in [0.1, 0.15) is 18.8 Å². The summed E-state index contributed by atoms with van der Waals surface area (Å²) in [7, 11) is 0. The minimum atomic E-state index is -1.41. The van der Waals surface area contributed by atoms with Crippen LogP contribution in [0.3, 0.4) is 0 Å². The van der Waals surface area contributed by atoms with E-state index in [-0.39, 0.29) is 19.0 Å². The number of aliphatic hydroxyl groups excluding tert-OH is 4. The molecule has 1 rings (SSSR count). The molecular formula is C20H36O8. The maximum absolute atomic E-state index is 11.4. The summed E-state index contributed by atoms with van der Waals surface area (Å²) in [6, 6.07) is 0. The summed E-state index contributed by atoms with van der Waals surface area (Å²) in [6.45, 7) is 1.93. The first-order valence-electron chi connectivity index (χ1n) is 10.3. The Bertz CT molecular complexity index is 465. The monoisotopic (exact) mass is 404 g/mol. The van der Waals surface area contributed by atoms with Crippen LogP contribution in [0.5, 0.6) is 0 Å². The third-order valence-electron chi connectivity index (χ3n) is 4.59. The number of unbranched alkanes of at least 4 members (excludes halogenated alkanes) is 8. The fraction of sp³-hybridized carbons (Fsp3) is 0.850. The van der Waals surface area contributed by atoms with Crippen molar-refractivity contribution in [1.29, 1.82) is 0 Å². The van der Waals surface area contributed by atoms with Crippen LogP contribution in [-0.4, -0.2) is 71.1 Å². The predicted octanol–water partition coefficient (Wildman–Crippen LogP) is 1.96. The Morgan fingerprint density at radius 2 is 1.61 bits per heavy atom. The average molecular weight is 405 g/mol. The highest BCUT2D eigenvalue weighted by Gasteiger charge is 2.40. The second-order valence-corrected chi connectivity index (χ2v) is 7.16. The van der Waals surface area contributed by atoms with E-state index in [2.05, 4.69) is 6.92 Å². The van der Waals surface area contributed by atoms with Crippen LogP contribution in [0.1, 0.15) is 64.7 Å². The largest absolute Gasteiger partial charge is 0.499 e. The predicted molar refractivity (Wildman–Crippen MR) is 103 cm³/mol. The number of hydrogen-bond donors (Lipinski definition) is 4. The van der Waals surface area contributed by atoms with Crippen molar-refractivity contribution in [1.82, 2.24) is 0 Å². The highest BCUT2D eigenvalue weighted by atomic mass is 16.6. The van der Waals surface area contributed by atoms with Gasteiger partial charge < -0.3 is 34.6 Å². The van der Waals surface area contributed by atoms with Gasteiger partial charge in [-0.15, -0.1) is 0 Å². The first-order chi connectivity index (χ1) is 13.5. The molecule has 1 aliphatic heterocycles. The van der Waals surface area contributed by atoms with Gasteiger partial charge in [-0.1, -0.05) is 58.3 Å². The summed E-state index contributed by atoms with van der Waals surface area (Å²) < 4.78 is 15.4. The molecule has 1 heterocycles. The molecule has 0 saturated carbocycles. The quantitative estimate of drug-likeness (QED) is 0.214. The molecule has 1 unspecified atom stereocenters. The minimum absolute atomic E-state index is 0.0626. The number of carbonyl (C=O) groups excluding carboxylic acids is 1. The van der Waals surface area contributed by atoms with Gasteiger partial charge in [-0.3, -0.25) is 0 Å². The summed E-state index contributed by atoms with van der Waals surface area (Å²) in [5, 5.41) is 38.1. The first kappa shape index (κ1) is 24.7. The molecule has 8 nitrogen and oxygen atoms in total. The van der Waals surface area contributed by atoms with Crippen LogP contribution < -0.4 is 0 Å². The highest BCUT2D eigenvalue weighted by Crippen LogP contribution is 2.25. The standard InChI is InChI=1S/C20H36O8/c1-2-3-4-5-6-7-8-9-10-11-26-13-15(22)14-27-19-17(24)20(25)28-18(19)16(23)12-21/h15-16,18,21-24H,2-14H2,1H3/t15?,16-,18+/m0/s1. The molecule has 4 N–H and O–H groups in total. The Kier molecular flexibility index (Phi) is 12.9. The van der Waals surface area contributed by atoms with Gasteiger partial charge in [0.05, 0.1) is 13.2 Å². The topological polar surface area (TPSA) is 126 Å². The van der Waals surface area contributed by atoms with Gasteiger partial charge >= 0.3 is 5.97 Å². The Morgan fingerprint density at radius 3 is 2.21 bits per heavy atom. The molecule has 164 valence electrons. The molecular weight excluding hydrogens is 368 g/mol. The van der Waals surface area contributed by atoms with Crippen LogP contribution in [-0.2, 0) is 19.0 Å². The molecule has 0 aromatic carbocycles. The molecule has 8 heteroatoms. The molecule has 0 saturated heterocycles. The Balaban J connectivity index is 2.09. The van der Waals surface area contributed by atoms with E-state index in [0.29, 0.717) is 6.61 Å². The molecule has 0 aromatic heterocycles. The van der Waals surface area contributed by atoms with Crippen molar-refractivity contribution < 1.29 is 39.4 Å². The van der Waals surface area contributed by atoms with Crippen molar-refractivity contribution in [2.24, 2.45) is 0 Å². The fourth-order valence-corrected chi connectivity index (χ4v) is 2.93. The first-order valence-corrected chi connectivity index (χ1v) is 10.3. The molecule has 0 spiro atoms. The third kappa shape index (κ3) is 9.23. The van der Waals surface area contributed by atoms with Crippen LogP contribution in [0.25, 0.3) is 0 Å². The maximum Gasteiger partial charge on any atom is 0.378 e. The molecule has 3 atom stereocenters. The van der Waals surface area contributed by atoms with E-state index in [9.17, 15) is 20.1 Å². The second-order valence-electron chi connectivity index (χ2n) is 7.16. The summed E-state index contributed by atoms with van der Waals surface area (Å²) in [6.07, 6.45) is 7.34. The van der Waals surface area contributed by atoms with Crippen LogP contribution in [0, 0.1) is 0 Å². The lowest BCUT2D eigenvalue weighted by Crippen LogP contribution is -2.33. The zero-order chi connectivity index (χ0) is 20.8. The van der Waals surface area contributed by atoms with E-state index in [1.807, 2.05) is 0 Å². The van der Waals surface area contributed by atoms with Crippen LogP contribution in [0.2, 0.25) is 0 Å². The lowest BCUT2D eigenvalue weighted by molar-refractivity contribution is -0.148. The van der Waals surface area contributed by atoms with Crippen molar-refractivity contribution in [3.63, 3.8) is 0 Å². The number of aliphatic hydroxyl groups is 4. The summed E-state index contributed by atoms with van der Waals surface area (Å²) in [4.78, 5) is 11.4. The van der Waals surface area contributed by atoms with Crippen molar-refractivity contribution in [2.45, 2.75) is 83.0 Å².